The van der Waals surface area contributed by atoms with Crippen LogP contribution < -0.4 is 10.6 Å². The Kier molecular flexibility index (Phi) is 7.71. The molecule has 0 aromatic heterocycles. The number of anilines is 2. The third-order valence-electron chi connectivity index (χ3n) is 3.28. The number of amides is 2. The summed E-state index contributed by atoms with van der Waals surface area (Å²) in [5.41, 5.74) is 0.627. The van der Waals surface area contributed by atoms with Crippen molar-refractivity contribution in [1.29, 1.82) is 0 Å². The summed E-state index contributed by atoms with van der Waals surface area (Å²) in [4.78, 5) is 23.9. The van der Waals surface area contributed by atoms with E-state index in [9.17, 15) is 14.0 Å². The molecule has 0 aliphatic carbocycles. The van der Waals surface area contributed by atoms with E-state index in [-0.39, 0.29) is 17.3 Å². The van der Waals surface area contributed by atoms with Crippen LogP contribution >= 0.6 is 23.4 Å². The minimum Gasteiger partial charge on any atom is -0.444 e. The van der Waals surface area contributed by atoms with Crippen molar-refractivity contribution in [2.75, 3.05) is 16.4 Å². The molecule has 0 spiro atoms. The lowest BCUT2D eigenvalue weighted by Crippen LogP contribution is -2.27. The van der Waals surface area contributed by atoms with Gasteiger partial charge in [-0.3, -0.25) is 10.1 Å². The van der Waals surface area contributed by atoms with Crippen LogP contribution in [0.4, 0.5) is 20.6 Å². The van der Waals surface area contributed by atoms with Crippen molar-refractivity contribution < 1.29 is 18.7 Å². The monoisotopic (exact) mass is 424 g/mol. The number of carbonyl (C=O) groups is 2. The van der Waals surface area contributed by atoms with E-state index in [1.54, 1.807) is 26.8 Å². The van der Waals surface area contributed by atoms with Gasteiger partial charge in [0.1, 0.15) is 11.4 Å². The third kappa shape index (κ3) is 7.78. The van der Waals surface area contributed by atoms with Gasteiger partial charge in [-0.2, -0.15) is 0 Å². The zero-order valence-electron chi connectivity index (χ0n) is 15.8. The number of halogens is 2. The van der Waals surface area contributed by atoms with Gasteiger partial charge < -0.3 is 10.1 Å². The first kappa shape index (κ1) is 22.0. The molecule has 0 unspecified atom stereocenters. The van der Waals surface area contributed by atoms with E-state index in [0.717, 1.165) is 5.56 Å². The van der Waals surface area contributed by atoms with Crippen molar-refractivity contribution in [1.82, 2.24) is 0 Å². The molecule has 150 valence electrons. The second kappa shape index (κ2) is 9.80. The molecule has 0 saturated heterocycles. The van der Waals surface area contributed by atoms with Gasteiger partial charge in [-0.05, 0) is 56.7 Å². The van der Waals surface area contributed by atoms with Gasteiger partial charge in [-0.25, -0.2) is 9.18 Å². The van der Waals surface area contributed by atoms with Crippen LogP contribution in [0.5, 0.6) is 0 Å². The fraction of sp³-hybridized carbons (Fsp3) is 0.300. The van der Waals surface area contributed by atoms with Crippen molar-refractivity contribution in [2.45, 2.75) is 32.1 Å². The Morgan fingerprint density at radius 1 is 1.14 bits per heavy atom. The van der Waals surface area contributed by atoms with Gasteiger partial charge in [0, 0.05) is 16.5 Å². The van der Waals surface area contributed by atoms with Crippen LogP contribution in [-0.2, 0) is 15.3 Å². The number of hydrogen-bond donors (Lipinski definition) is 2. The standard InChI is InChI=1S/C20H22ClFN2O3S/c1-20(2,3)27-19(26)24-17-10-15(7-8-16(17)22)23-18(25)12-28-11-13-5-4-6-14(21)9-13/h4-10H,11-12H2,1-3H3,(H,23,25)(H,24,26). The summed E-state index contributed by atoms with van der Waals surface area (Å²) in [6.07, 6.45) is -0.771. The number of hydrogen-bond acceptors (Lipinski definition) is 4. The summed E-state index contributed by atoms with van der Waals surface area (Å²) in [5, 5.41) is 5.68. The summed E-state index contributed by atoms with van der Waals surface area (Å²) < 4.78 is 19.0. The first-order valence-electron chi connectivity index (χ1n) is 8.54. The van der Waals surface area contributed by atoms with E-state index in [0.29, 0.717) is 16.5 Å². The maximum absolute atomic E-state index is 13.9. The van der Waals surface area contributed by atoms with E-state index in [2.05, 4.69) is 10.6 Å². The van der Waals surface area contributed by atoms with Crippen LogP contribution in [0.2, 0.25) is 5.02 Å². The highest BCUT2D eigenvalue weighted by Crippen LogP contribution is 2.22. The summed E-state index contributed by atoms with van der Waals surface area (Å²) >= 11 is 7.37. The first-order valence-corrected chi connectivity index (χ1v) is 10.1. The van der Waals surface area contributed by atoms with Gasteiger partial charge in [0.15, 0.2) is 0 Å². The second-order valence-corrected chi connectivity index (χ2v) is 8.41. The zero-order chi connectivity index (χ0) is 20.7. The molecule has 0 bridgehead atoms. The molecule has 28 heavy (non-hydrogen) atoms. The smallest absolute Gasteiger partial charge is 0.412 e. The fourth-order valence-electron chi connectivity index (χ4n) is 2.20. The van der Waals surface area contributed by atoms with E-state index in [1.165, 1.54) is 30.0 Å². The van der Waals surface area contributed by atoms with Crippen molar-refractivity contribution in [3.63, 3.8) is 0 Å². The van der Waals surface area contributed by atoms with E-state index >= 15 is 0 Å². The van der Waals surface area contributed by atoms with Gasteiger partial charge in [0.05, 0.1) is 11.4 Å². The first-order chi connectivity index (χ1) is 13.1. The predicted molar refractivity (Wildman–Crippen MR) is 113 cm³/mol. The average molecular weight is 425 g/mol. The lowest BCUT2D eigenvalue weighted by Gasteiger charge is -2.20. The number of rotatable bonds is 6. The molecule has 0 fully saturated rings. The highest BCUT2D eigenvalue weighted by molar-refractivity contribution is 7.99. The highest BCUT2D eigenvalue weighted by atomic mass is 35.5. The van der Waals surface area contributed by atoms with Crippen molar-refractivity contribution in [3.05, 3.63) is 58.9 Å². The minimum absolute atomic E-state index is 0.0707. The summed E-state index contributed by atoms with van der Waals surface area (Å²) in [5.74, 6) is 0.00252. The van der Waals surface area contributed by atoms with Crippen LogP contribution in [0.1, 0.15) is 26.3 Å². The van der Waals surface area contributed by atoms with Crippen LogP contribution in [0.15, 0.2) is 42.5 Å². The number of benzene rings is 2. The molecule has 0 heterocycles. The molecule has 8 heteroatoms. The lowest BCUT2D eigenvalue weighted by atomic mass is 10.2. The Hall–Kier alpha value is -2.25. The van der Waals surface area contributed by atoms with Crippen LogP contribution in [0, 0.1) is 5.82 Å². The summed E-state index contributed by atoms with van der Waals surface area (Å²) in [7, 11) is 0. The molecule has 0 saturated carbocycles. The molecule has 2 aromatic carbocycles. The molecule has 0 radical (unpaired) electrons. The lowest BCUT2D eigenvalue weighted by molar-refractivity contribution is -0.113. The number of thioether (sulfide) groups is 1. The Morgan fingerprint density at radius 3 is 2.57 bits per heavy atom. The predicted octanol–water partition coefficient (Wildman–Crippen LogP) is 5.70. The molecule has 2 amide bonds. The van der Waals surface area contributed by atoms with Crippen molar-refractivity contribution in [3.8, 4) is 0 Å². The Bertz CT molecular complexity index is 856. The average Bonchev–Trinajstić information content (AvgIpc) is 2.56. The van der Waals surface area contributed by atoms with Crippen molar-refractivity contribution in [2.24, 2.45) is 0 Å². The van der Waals surface area contributed by atoms with Gasteiger partial charge in [0.25, 0.3) is 0 Å². The molecule has 2 rings (SSSR count). The molecular weight excluding hydrogens is 403 g/mol. The third-order valence-corrected chi connectivity index (χ3v) is 4.52. The largest absolute Gasteiger partial charge is 0.444 e. The van der Waals surface area contributed by atoms with Crippen molar-refractivity contribution >= 4 is 46.7 Å². The number of carbonyl (C=O) groups excluding carboxylic acids is 2. The normalized spacial score (nSPS) is 11.0. The minimum atomic E-state index is -0.771. The molecular formula is C20H22ClFN2O3S. The number of nitrogens with one attached hydrogen (secondary N) is 2. The second-order valence-electron chi connectivity index (χ2n) is 6.99. The summed E-state index contributed by atoms with van der Waals surface area (Å²) in [6, 6.07) is 11.4. The van der Waals surface area contributed by atoms with Crippen LogP contribution in [0.3, 0.4) is 0 Å². The molecule has 2 N–H and O–H groups in total. The molecule has 0 aliphatic heterocycles. The maximum Gasteiger partial charge on any atom is 0.412 e. The van der Waals surface area contributed by atoms with E-state index in [4.69, 9.17) is 16.3 Å². The SMILES string of the molecule is CC(C)(C)OC(=O)Nc1cc(NC(=O)CSCc2cccc(Cl)c2)ccc1F. The Balaban J connectivity index is 1.89. The Labute approximate surface area is 173 Å². The number of ether oxygens (including phenoxy) is 1. The van der Waals surface area contributed by atoms with Gasteiger partial charge in [0.2, 0.25) is 5.91 Å². The Morgan fingerprint density at radius 2 is 1.89 bits per heavy atom. The quantitative estimate of drug-likeness (QED) is 0.624. The van der Waals surface area contributed by atoms with Gasteiger partial charge in [-0.15, -0.1) is 11.8 Å². The van der Waals surface area contributed by atoms with Crippen LogP contribution in [0.25, 0.3) is 0 Å². The molecule has 0 aliphatic rings. The molecule has 5 nitrogen and oxygen atoms in total. The van der Waals surface area contributed by atoms with E-state index in [1.807, 2.05) is 18.2 Å². The zero-order valence-corrected chi connectivity index (χ0v) is 17.4. The van der Waals surface area contributed by atoms with Gasteiger partial charge >= 0.3 is 6.09 Å². The molecule has 0 atom stereocenters. The topological polar surface area (TPSA) is 67.4 Å². The van der Waals surface area contributed by atoms with Crippen LogP contribution in [-0.4, -0.2) is 23.4 Å². The maximum atomic E-state index is 13.9. The summed E-state index contributed by atoms with van der Waals surface area (Å²) in [6.45, 7) is 5.13. The fourth-order valence-corrected chi connectivity index (χ4v) is 3.19. The molecule has 2 aromatic rings. The van der Waals surface area contributed by atoms with E-state index < -0.39 is 17.5 Å². The van der Waals surface area contributed by atoms with Gasteiger partial charge in [-0.1, -0.05) is 23.7 Å². The highest BCUT2D eigenvalue weighted by Gasteiger charge is 2.17.